The minimum Gasteiger partial charge on any atom is -0.399 e. The highest BCUT2D eigenvalue weighted by Gasteiger charge is 2.07. The molecule has 5 heteroatoms. The number of halogens is 1. The normalized spacial score (nSPS) is 18.7. The van der Waals surface area contributed by atoms with Gasteiger partial charge in [0.25, 0.3) is 0 Å². The van der Waals surface area contributed by atoms with E-state index in [0.29, 0.717) is 13.1 Å². The molecule has 70 valence electrons. The van der Waals surface area contributed by atoms with Gasteiger partial charge in [-0.15, -0.1) is 12.4 Å². The van der Waals surface area contributed by atoms with Gasteiger partial charge in [-0.25, -0.2) is 0 Å². The van der Waals surface area contributed by atoms with E-state index in [2.05, 4.69) is 9.99 Å². The summed E-state index contributed by atoms with van der Waals surface area (Å²) in [6, 6.07) is 0. The molecule has 1 rings (SSSR count). The third-order valence-electron chi connectivity index (χ3n) is 1.48. The Hall–Kier alpha value is -0.580. The van der Waals surface area contributed by atoms with Gasteiger partial charge in [0.15, 0.2) is 0 Å². The average molecular weight is 193 g/mol. The number of rotatable bonds is 2. The van der Waals surface area contributed by atoms with Crippen molar-refractivity contribution in [1.82, 2.24) is 5.06 Å². The molecule has 1 aliphatic heterocycles. The molecule has 0 bridgehead atoms. The van der Waals surface area contributed by atoms with Gasteiger partial charge in [0.2, 0.25) is 0 Å². The van der Waals surface area contributed by atoms with Gasteiger partial charge in [-0.1, -0.05) is 11.2 Å². The second kappa shape index (κ2) is 5.99. The quantitative estimate of drug-likeness (QED) is 0.526. The zero-order valence-corrected chi connectivity index (χ0v) is 7.75. The molecule has 0 atom stereocenters. The summed E-state index contributed by atoms with van der Waals surface area (Å²) >= 11 is 0. The highest BCUT2D eigenvalue weighted by molar-refractivity contribution is 5.85. The van der Waals surface area contributed by atoms with E-state index < -0.39 is 0 Å². The van der Waals surface area contributed by atoms with Crippen molar-refractivity contribution in [3.63, 3.8) is 0 Å². The van der Waals surface area contributed by atoms with E-state index in [1.165, 1.54) is 12.2 Å². The molecule has 0 aromatic heterocycles. The standard InChI is InChI=1S/C7H12N2O2.ClH/c1-11-8-5-7-3-2-4-9(10)6-7;/h3,5,10H,2,4,6H2,1H3;1H/b8-5+;. The van der Waals surface area contributed by atoms with Gasteiger partial charge in [0, 0.05) is 6.54 Å². The van der Waals surface area contributed by atoms with E-state index in [-0.39, 0.29) is 12.4 Å². The SMILES string of the molecule is CO/N=C/C1=CCCN(O)C1.Cl. The van der Waals surface area contributed by atoms with Crippen molar-refractivity contribution in [1.29, 1.82) is 0 Å². The summed E-state index contributed by atoms with van der Waals surface area (Å²) < 4.78 is 0. The Morgan fingerprint density at radius 1 is 1.75 bits per heavy atom. The van der Waals surface area contributed by atoms with Crippen molar-refractivity contribution in [2.24, 2.45) is 5.16 Å². The Kier molecular flexibility index (Phi) is 5.70. The molecular weight excluding hydrogens is 180 g/mol. The van der Waals surface area contributed by atoms with Crippen LogP contribution in [0.2, 0.25) is 0 Å². The van der Waals surface area contributed by atoms with E-state index in [0.717, 1.165) is 12.0 Å². The smallest absolute Gasteiger partial charge is 0.106 e. The van der Waals surface area contributed by atoms with Crippen LogP contribution < -0.4 is 0 Å². The first kappa shape index (κ1) is 11.4. The fourth-order valence-electron chi connectivity index (χ4n) is 0.967. The summed E-state index contributed by atoms with van der Waals surface area (Å²) in [7, 11) is 1.50. The minimum atomic E-state index is 0. The monoisotopic (exact) mass is 192 g/mol. The number of oxime groups is 1. The van der Waals surface area contributed by atoms with Gasteiger partial charge >= 0.3 is 0 Å². The van der Waals surface area contributed by atoms with E-state index in [4.69, 9.17) is 5.21 Å². The van der Waals surface area contributed by atoms with Crippen LogP contribution in [0.3, 0.4) is 0 Å². The lowest BCUT2D eigenvalue weighted by Gasteiger charge is -2.18. The number of nitrogens with zero attached hydrogens (tertiary/aromatic N) is 2. The van der Waals surface area contributed by atoms with Crippen LogP contribution in [0.1, 0.15) is 6.42 Å². The van der Waals surface area contributed by atoms with Crippen LogP contribution in [0.5, 0.6) is 0 Å². The van der Waals surface area contributed by atoms with Crippen LogP contribution in [0.25, 0.3) is 0 Å². The Balaban J connectivity index is 0.00000121. The van der Waals surface area contributed by atoms with Crippen LogP contribution in [-0.2, 0) is 4.84 Å². The largest absolute Gasteiger partial charge is 0.399 e. The van der Waals surface area contributed by atoms with Crippen LogP contribution in [0, 0.1) is 0 Å². The van der Waals surface area contributed by atoms with Gasteiger partial charge in [0.05, 0.1) is 12.8 Å². The molecule has 0 spiro atoms. The van der Waals surface area contributed by atoms with Gasteiger partial charge in [0.1, 0.15) is 7.11 Å². The highest BCUT2D eigenvalue weighted by atomic mass is 35.5. The maximum atomic E-state index is 9.07. The summed E-state index contributed by atoms with van der Waals surface area (Å²) in [5.41, 5.74) is 0.987. The molecule has 1 heterocycles. The van der Waals surface area contributed by atoms with Gasteiger partial charge < -0.3 is 10.0 Å². The molecule has 12 heavy (non-hydrogen) atoms. The minimum absolute atomic E-state index is 0. The van der Waals surface area contributed by atoms with Crippen LogP contribution in [0.4, 0.5) is 0 Å². The molecule has 0 saturated heterocycles. The summed E-state index contributed by atoms with van der Waals surface area (Å²) in [6.07, 6.45) is 4.51. The molecule has 1 N–H and O–H groups in total. The molecule has 0 radical (unpaired) electrons. The molecule has 0 unspecified atom stereocenters. The predicted octanol–water partition coefficient (Wildman–Crippen LogP) is 1.06. The third-order valence-corrected chi connectivity index (χ3v) is 1.48. The first-order chi connectivity index (χ1) is 5.33. The van der Waals surface area contributed by atoms with E-state index in [1.54, 1.807) is 6.21 Å². The molecule has 0 aromatic carbocycles. The summed E-state index contributed by atoms with van der Waals surface area (Å²) in [5.74, 6) is 0. The molecular formula is C7H13ClN2O2. The first-order valence-corrected chi connectivity index (χ1v) is 3.52. The Morgan fingerprint density at radius 2 is 2.50 bits per heavy atom. The molecule has 1 aliphatic rings. The molecule has 0 amide bonds. The van der Waals surface area contributed by atoms with Gasteiger partial charge in [-0.3, -0.25) is 0 Å². The second-order valence-corrected chi connectivity index (χ2v) is 2.37. The zero-order valence-electron chi connectivity index (χ0n) is 6.93. The number of hydrogen-bond donors (Lipinski definition) is 1. The summed E-state index contributed by atoms with van der Waals surface area (Å²) in [4.78, 5) is 4.51. The van der Waals surface area contributed by atoms with E-state index in [1.807, 2.05) is 6.08 Å². The fourth-order valence-corrected chi connectivity index (χ4v) is 0.967. The highest BCUT2D eigenvalue weighted by Crippen LogP contribution is 2.04. The summed E-state index contributed by atoms with van der Waals surface area (Å²) in [5, 5.41) is 13.9. The second-order valence-electron chi connectivity index (χ2n) is 2.37. The first-order valence-electron chi connectivity index (χ1n) is 3.52. The van der Waals surface area contributed by atoms with Crippen LogP contribution in [0.15, 0.2) is 16.8 Å². The van der Waals surface area contributed by atoms with Crippen LogP contribution >= 0.6 is 12.4 Å². The van der Waals surface area contributed by atoms with Crippen molar-refractivity contribution in [2.45, 2.75) is 6.42 Å². The number of hydroxylamine groups is 2. The Labute approximate surface area is 77.9 Å². The molecule has 0 aliphatic carbocycles. The van der Waals surface area contributed by atoms with Crippen molar-refractivity contribution in [3.05, 3.63) is 11.6 Å². The van der Waals surface area contributed by atoms with Gasteiger partial charge in [-0.2, -0.15) is 5.06 Å². The van der Waals surface area contributed by atoms with Crippen LogP contribution in [-0.4, -0.2) is 36.7 Å². The molecule has 4 nitrogen and oxygen atoms in total. The van der Waals surface area contributed by atoms with Crippen molar-refractivity contribution in [2.75, 3.05) is 20.2 Å². The number of hydrogen-bond acceptors (Lipinski definition) is 4. The van der Waals surface area contributed by atoms with Crippen molar-refractivity contribution < 1.29 is 10.0 Å². The maximum Gasteiger partial charge on any atom is 0.106 e. The molecule has 0 fully saturated rings. The fraction of sp³-hybridized carbons (Fsp3) is 0.571. The lowest BCUT2D eigenvalue weighted by Crippen LogP contribution is -2.26. The molecule has 0 saturated carbocycles. The zero-order chi connectivity index (χ0) is 8.10. The predicted molar refractivity (Wildman–Crippen MR) is 48.8 cm³/mol. The Morgan fingerprint density at radius 3 is 3.08 bits per heavy atom. The topological polar surface area (TPSA) is 45.1 Å². The summed E-state index contributed by atoms with van der Waals surface area (Å²) in [6.45, 7) is 1.23. The van der Waals surface area contributed by atoms with Crippen molar-refractivity contribution >= 4 is 18.6 Å². The van der Waals surface area contributed by atoms with E-state index >= 15 is 0 Å². The lowest BCUT2D eigenvalue weighted by atomic mass is 10.2. The van der Waals surface area contributed by atoms with Gasteiger partial charge in [-0.05, 0) is 12.0 Å². The maximum absolute atomic E-state index is 9.07. The Bertz CT molecular complexity index is 182. The lowest BCUT2D eigenvalue weighted by molar-refractivity contribution is -0.0830. The van der Waals surface area contributed by atoms with E-state index in [9.17, 15) is 0 Å². The average Bonchev–Trinajstić information content (AvgIpc) is 2.01. The van der Waals surface area contributed by atoms with Crippen molar-refractivity contribution in [3.8, 4) is 0 Å². The third kappa shape index (κ3) is 3.71. The molecule has 0 aromatic rings.